The minimum absolute atomic E-state index is 0. The van der Waals surface area contributed by atoms with Gasteiger partial charge in [-0.05, 0) is 12.8 Å². The number of hydrogen-bond donors (Lipinski definition) is 1. The van der Waals surface area contributed by atoms with Crippen LogP contribution in [0.3, 0.4) is 0 Å². The summed E-state index contributed by atoms with van der Waals surface area (Å²) in [7, 11) is 0. The third-order valence-electron chi connectivity index (χ3n) is 0.962. The molecule has 1 unspecified atom stereocenters. The fourth-order valence-corrected chi connectivity index (χ4v) is 0.391. The van der Waals surface area contributed by atoms with Crippen LogP contribution in [0.2, 0.25) is 0 Å². The summed E-state index contributed by atoms with van der Waals surface area (Å²) in [5, 5.41) is 19.6. The number of carbonyl (C=O) groups excluding carboxylic acids is 2. The predicted octanol–water partition coefficient (Wildman–Crippen LogP) is -3.37. The number of carboxylic acid groups (broad SMARTS) is 2. The Morgan fingerprint density at radius 2 is 1.75 bits per heavy atom. The standard InChI is InChI=1S/C5H9NO4.Ca.ClH/c6-3(5(9)10)1-2-4(7)8;;/h3H,1-2,6H2,(H,7,8)(H,9,10);;1H/q;+2;/p-2. The number of rotatable bonds is 4. The van der Waals surface area contributed by atoms with Crippen LogP contribution in [0.4, 0.5) is 0 Å². The fourth-order valence-electron chi connectivity index (χ4n) is 0.391. The molecule has 0 aliphatic heterocycles. The van der Waals surface area contributed by atoms with Crippen LogP contribution in [0.15, 0.2) is 0 Å². The van der Waals surface area contributed by atoms with Crippen molar-refractivity contribution in [3.05, 3.63) is 0 Å². The van der Waals surface area contributed by atoms with Crippen molar-refractivity contribution >= 4 is 62.1 Å². The van der Waals surface area contributed by atoms with E-state index in [9.17, 15) is 19.8 Å². The van der Waals surface area contributed by atoms with Gasteiger partial charge in [-0.2, -0.15) is 0 Å². The molecule has 0 aromatic rings. The molecular formula is C5H8CaClNO4. The smallest absolute Gasteiger partial charge is 0.550 e. The van der Waals surface area contributed by atoms with Crippen LogP contribution in [-0.2, 0) is 9.59 Å². The number of halogens is 1. The topological polar surface area (TPSA) is 106 Å². The van der Waals surface area contributed by atoms with E-state index in [1.807, 2.05) is 0 Å². The van der Waals surface area contributed by atoms with E-state index in [0.29, 0.717) is 0 Å². The van der Waals surface area contributed by atoms with Gasteiger partial charge >= 0.3 is 37.7 Å². The summed E-state index contributed by atoms with van der Waals surface area (Å²) in [5.74, 6) is -2.75. The maximum atomic E-state index is 9.86. The van der Waals surface area contributed by atoms with Crippen molar-refractivity contribution in [2.75, 3.05) is 0 Å². The van der Waals surface area contributed by atoms with Crippen LogP contribution >= 0.6 is 12.4 Å². The average Bonchev–Trinajstić information content (AvgIpc) is 1.82. The second kappa shape index (κ2) is 9.54. The molecule has 12 heavy (non-hydrogen) atoms. The zero-order valence-corrected chi connectivity index (χ0v) is 9.34. The molecule has 0 saturated carbocycles. The van der Waals surface area contributed by atoms with E-state index in [-0.39, 0.29) is 63.0 Å². The molecule has 5 nitrogen and oxygen atoms in total. The molecule has 0 aliphatic rings. The summed E-state index contributed by atoms with van der Waals surface area (Å²) in [5.41, 5.74) is 4.91. The van der Waals surface area contributed by atoms with Gasteiger partial charge in [0.15, 0.2) is 0 Å². The second-order valence-electron chi connectivity index (χ2n) is 1.84. The zero-order valence-electron chi connectivity index (χ0n) is 6.32. The second-order valence-corrected chi connectivity index (χ2v) is 1.84. The zero-order chi connectivity index (χ0) is 8.15. The predicted molar refractivity (Wildman–Crippen MR) is 40.2 cm³/mol. The molecule has 0 aromatic heterocycles. The van der Waals surface area contributed by atoms with Crippen molar-refractivity contribution in [2.24, 2.45) is 5.73 Å². The van der Waals surface area contributed by atoms with Crippen LogP contribution in [0.5, 0.6) is 0 Å². The van der Waals surface area contributed by atoms with E-state index in [1.54, 1.807) is 0 Å². The van der Waals surface area contributed by atoms with Gasteiger partial charge in [0.1, 0.15) is 0 Å². The molecule has 7 heteroatoms. The van der Waals surface area contributed by atoms with Crippen molar-refractivity contribution in [3.8, 4) is 0 Å². The van der Waals surface area contributed by atoms with Gasteiger partial charge in [-0.1, -0.05) is 0 Å². The Labute approximate surface area is 106 Å². The van der Waals surface area contributed by atoms with Gasteiger partial charge in [-0.3, -0.25) is 0 Å². The molecule has 0 amide bonds. The van der Waals surface area contributed by atoms with Crippen molar-refractivity contribution < 1.29 is 19.8 Å². The van der Waals surface area contributed by atoms with E-state index in [4.69, 9.17) is 5.73 Å². The quantitative estimate of drug-likeness (QED) is 0.499. The van der Waals surface area contributed by atoms with Crippen LogP contribution in [0.25, 0.3) is 0 Å². The molecule has 0 heterocycles. The summed E-state index contributed by atoms with van der Waals surface area (Å²) in [4.78, 5) is 19.6. The monoisotopic (exact) mass is 221 g/mol. The van der Waals surface area contributed by atoms with E-state index >= 15 is 0 Å². The molecule has 0 aromatic carbocycles. The largest absolute Gasteiger partial charge is 2.00 e. The maximum Gasteiger partial charge on any atom is 2.00 e. The molecule has 0 spiro atoms. The van der Waals surface area contributed by atoms with E-state index in [0.717, 1.165) is 0 Å². The maximum absolute atomic E-state index is 9.86. The molecular weight excluding hydrogens is 214 g/mol. The third-order valence-corrected chi connectivity index (χ3v) is 0.962. The first-order valence-electron chi connectivity index (χ1n) is 2.70. The minimum atomic E-state index is -1.44. The first-order chi connectivity index (χ1) is 4.54. The van der Waals surface area contributed by atoms with E-state index in [2.05, 4.69) is 0 Å². The van der Waals surface area contributed by atoms with Crippen LogP contribution in [-0.4, -0.2) is 55.7 Å². The number of aliphatic carboxylic acids is 2. The average molecular weight is 222 g/mol. The van der Waals surface area contributed by atoms with Gasteiger partial charge in [0, 0.05) is 12.0 Å². The Balaban J connectivity index is -0.000000405. The normalized spacial score (nSPS) is 10.4. The Bertz CT molecular complexity index is 154. The molecule has 0 saturated heterocycles. The van der Waals surface area contributed by atoms with Gasteiger partial charge < -0.3 is 25.5 Å². The number of hydrogen-bond acceptors (Lipinski definition) is 5. The van der Waals surface area contributed by atoms with Crippen LogP contribution < -0.4 is 15.9 Å². The van der Waals surface area contributed by atoms with Gasteiger partial charge in [0.2, 0.25) is 0 Å². The van der Waals surface area contributed by atoms with Gasteiger partial charge in [0.25, 0.3) is 0 Å². The van der Waals surface area contributed by atoms with Crippen LogP contribution in [0.1, 0.15) is 12.8 Å². The SMILES string of the molecule is Cl.NC(CCC(=O)[O-])C(=O)[O-].[Ca+2]. The summed E-state index contributed by atoms with van der Waals surface area (Å²) in [6.45, 7) is 0. The Kier molecular flexibility index (Phi) is 14.5. The molecule has 0 radical (unpaired) electrons. The van der Waals surface area contributed by atoms with E-state index in [1.165, 1.54) is 0 Å². The van der Waals surface area contributed by atoms with Gasteiger partial charge in [0.05, 0.1) is 5.97 Å². The summed E-state index contributed by atoms with van der Waals surface area (Å²) < 4.78 is 0. The first kappa shape index (κ1) is 18.3. The van der Waals surface area contributed by atoms with E-state index < -0.39 is 18.0 Å². The Hall–Kier alpha value is 0.450. The first-order valence-corrected chi connectivity index (χ1v) is 2.70. The van der Waals surface area contributed by atoms with Crippen molar-refractivity contribution in [3.63, 3.8) is 0 Å². The molecule has 0 fully saturated rings. The third kappa shape index (κ3) is 10.4. The fraction of sp³-hybridized carbons (Fsp3) is 0.600. The van der Waals surface area contributed by atoms with Crippen molar-refractivity contribution in [1.82, 2.24) is 0 Å². The summed E-state index contributed by atoms with van der Waals surface area (Å²) in [6, 6.07) is -1.21. The molecule has 0 aliphatic carbocycles. The molecule has 0 rings (SSSR count). The van der Waals surface area contributed by atoms with Gasteiger partial charge in [-0.15, -0.1) is 12.4 Å². The van der Waals surface area contributed by atoms with Crippen molar-refractivity contribution in [2.45, 2.75) is 18.9 Å². The Morgan fingerprint density at radius 3 is 2.00 bits per heavy atom. The Morgan fingerprint density at radius 1 is 1.33 bits per heavy atom. The number of nitrogens with two attached hydrogens (primary N) is 1. The van der Waals surface area contributed by atoms with Crippen LogP contribution in [0, 0.1) is 0 Å². The molecule has 1 atom stereocenters. The molecule has 2 N–H and O–H groups in total. The number of carbonyl (C=O) groups is 2. The summed E-state index contributed by atoms with van der Waals surface area (Å²) in [6.07, 6.45) is -0.500. The van der Waals surface area contributed by atoms with Gasteiger partial charge in [-0.25, -0.2) is 0 Å². The van der Waals surface area contributed by atoms with Crippen molar-refractivity contribution in [1.29, 1.82) is 0 Å². The molecule has 66 valence electrons. The minimum Gasteiger partial charge on any atom is -0.550 e. The molecule has 0 bridgehead atoms. The summed E-state index contributed by atoms with van der Waals surface area (Å²) >= 11 is 0. The number of carboxylic acids is 2.